The molecule has 5 rings (SSSR count). The summed E-state index contributed by atoms with van der Waals surface area (Å²) in [5.41, 5.74) is 2.05. The number of benzene rings is 3. The summed E-state index contributed by atoms with van der Waals surface area (Å²) in [6, 6.07) is 25.9. The molecule has 0 spiro atoms. The second-order valence-electron chi connectivity index (χ2n) is 9.11. The van der Waals surface area contributed by atoms with E-state index in [4.69, 9.17) is 11.6 Å². The van der Waals surface area contributed by atoms with E-state index in [0.717, 1.165) is 16.7 Å². The molecule has 3 N–H and O–H groups in total. The number of aromatic nitrogens is 1. The minimum absolute atomic E-state index is 0.0675. The molecule has 4 aromatic rings. The third-order valence-corrected chi connectivity index (χ3v) is 8.36. The number of nitrogens with zero attached hydrogens (tertiary/aromatic N) is 1. The summed E-state index contributed by atoms with van der Waals surface area (Å²) in [7, 11) is -3.98. The molecule has 1 amide bonds. The molecule has 2 unspecified atom stereocenters. The lowest BCUT2D eigenvalue weighted by atomic mass is 10.0. The minimum Gasteiger partial charge on any atom is -0.511 e. The summed E-state index contributed by atoms with van der Waals surface area (Å²) in [6.45, 7) is 3.65. The van der Waals surface area contributed by atoms with Gasteiger partial charge < -0.3 is 10.4 Å². The largest absolute Gasteiger partial charge is 0.511 e. The molecule has 1 aliphatic carbocycles. The molecule has 0 saturated heterocycles. The molecule has 192 valence electrons. The van der Waals surface area contributed by atoms with Crippen LogP contribution in [0.1, 0.15) is 28.4 Å². The van der Waals surface area contributed by atoms with Crippen LogP contribution in [0.25, 0.3) is 11.1 Å². The van der Waals surface area contributed by atoms with Gasteiger partial charge in [0.25, 0.3) is 5.91 Å². The number of pyridine rings is 1. The molecule has 7 nitrogen and oxygen atoms in total. The monoisotopic (exact) mass is 545 g/mol. The average Bonchev–Trinajstić information content (AvgIpc) is 3.65. The molecule has 3 aromatic carbocycles. The van der Waals surface area contributed by atoms with E-state index in [1.54, 1.807) is 60.7 Å². The number of sulfonamides is 1. The number of rotatable bonds is 8. The van der Waals surface area contributed by atoms with Gasteiger partial charge in [0.15, 0.2) is 0 Å². The molecule has 38 heavy (non-hydrogen) atoms. The maximum atomic E-state index is 13.3. The van der Waals surface area contributed by atoms with Crippen LogP contribution < -0.4 is 10.0 Å². The number of hydrogen-bond donors (Lipinski definition) is 3. The van der Waals surface area contributed by atoms with Crippen LogP contribution in [0.2, 0.25) is 5.02 Å². The first kappa shape index (κ1) is 25.7. The summed E-state index contributed by atoms with van der Waals surface area (Å²) in [6.07, 6.45) is 1.86. The quantitative estimate of drug-likeness (QED) is 0.238. The van der Waals surface area contributed by atoms with Crippen molar-refractivity contribution in [3.63, 3.8) is 0 Å². The van der Waals surface area contributed by atoms with E-state index >= 15 is 0 Å². The van der Waals surface area contributed by atoms with E-state index in [-0.39, 0.29) is 28.2 Å². The SMILES string of the molecule is C=C(O)C1(NS(=O)(=O)c2ccc(-c3ccc(Cl)cc3)cc2)CC1c1cccc(NC(=O)c2ccccn2)c1. The number of aliphatic hydroxyl groups is 1. The van der Waals surface area contributed by atoms with Crippen molar-refractivity contribution in [3.8, 4) is 11.1 Å². The lowest BCUT2D eigenvalue weighted by molar-refractivity contribution is 0.102. The number of aliphatic hydroxyl groups excluding tert-OH is 1. The number of halogens is 1. The summed E-state index contributed by atoms with van der Waals surface area (Å²) in [4.78, 5) is 16.6. The first-order valence-corrected chi connectivity index (χ1v) is 13.6. The first-order valence-electron chi connectivity index (χ1n) is 11.8. The van der Waals surface area contributed by atoms with Crippen LogP contribution in [-0.4, -0.2) is 30.0 Å². The van der Waals surface area contributed by atoms with Gasteiger partial charge in [-0.3, -0.25) is 9.78 Å². The summed E-state index contributed by atoms with van der Waals surface area (Å²) >= 11 is 5.95. The van der Waals surface area contributed by atoms with Crippen LogP contribution in [0.4, 0.5) is 5.69 Å². The van der Waals surface area contributed by atoms with E-state index in [1.807, 2.05) is 18.2 Å². The fourth-order valence-corrected chi connectivity index (χ4v) is 6.01. The number of nitrogens with one attached hydrogen (secondary N) is 2. The fraction of sp³-hybridized carbons (Fsp3) is 0.103. The van der Waals surface area contributed by atoms with Crippen molar-refractivity contribution in [2.45, 2.75) is 22.8 Å². The zero-order valence-corrected chi connectivity index (χ0v) is 21.7. The number of anilines is 1. The van der Waals surface area contributed by atoms with Gasteiger partial charge in [0.2, 0.25) is 10.0 Å². The summed E-state index contributed by atoms with van der Waals surface area (Å²) < 4.78 is 29.2. The smallest absolute Gasteiger partial charge is 0.274 e. The van der Waals surface area contributed by atoms with Gasteiger partial charge in [-0.2, -0.15) is 4.72 Å². The predicted octanol–water partition coefficient (Wildman–Crippen LogP) is 5.93. The average molecular weight is 546 g/mol. The van der Waals surface area contributed by atoms with E-state index in [1.165, 1.54) is 18.3 Å². The molecule has 1 aliphatic rings. The molecule has 1 heterocycles. The maximum Gasteiger partial charge on any atom is 0.274 e. The highest BCUT2D eigenvalue weighted by Gasteiger charge is 2.60. The van der Waals surface area contributed by atoms with Crippen molar-refractivity contribution in [2.75, 3.05) is 5.32 Å². The topological polar surface area (TPSA) is 108 Å². The van der Waals surface area contributed by atoms with E-state index in [0.29, 0.717) is 17.1 Å². The maximum absolute atomic E-state index is 13.3. The second-order valence-corrected chi connectivity index (χ2v) is 11.2. The first-order chi connectivity index (χ1) is 18.2. The van der Waals surface area contributed by atoms with Crippen LogP contribution >= 0.6 is 11.6 Å². The molecule has 1 fully saturated rings. The van der Waals surface area contributed by atoms with Gasteiger partial charge in [-0.15, -0.1) is 0 Å². The summed E-state index contributed by atoms with van der Waals surface area (Å²) in [5.74, 6) is -0.999. The van der Waals surface area contributed by atoms with Crippen LogP contribution in [-0.2, 0) is 10.0 Å². The van der Waals surface area contributed by atoms with Gasteiger partial charge in [0, 0.05) is 22.8 Å². The molecule has 0 radical (unpaired) electrons. The summed E-state index contributed by atoms with van der Waals surface area (Å²) in [5, 5.41) is 13.9. The highest BCUT2D eigenvalue weighted by molar-refractivity contribution is 7.89. The Balaban J connectivity index is 1.34. The van der Waals surface area contributed by atoms with Gasteiger partial charge in [-0.1, -0.05) is 60.6 Å². The van der Waals surface area contributed by atoms with Crippen LogP contribution in [0.15, 0.2) is 114 Å². The normalized spacial score (nSPS) is 18.5. The minimum atomic E-state index is -3.98. The van der Waals surface area contributed by atoms with Crippen molar-refractivity contribution in [2.24, 2.45) is 0 Å². The Kier molecular flexibility index (Phi) is 6.79. The second kappa shape index (κ2) is 10.1. The fourth-order valence-electron chi connectivity index (χ4n) is 4.45. The van der Waals surface area contributed by atoms with Crippen molar-refractivity contribution in [1.82, 2.24) is 9.71 Å². The standard InChI is InChI=1S/C29H24ClN3O4S/c1-19(34)29(33-38(36,37)25-14-10-21(11-15-25)20-8-12-23(30)13-9-20)18-26(29)22-5-4-6-24(17-22)32-28(35)27-7-2-3-16-31-27/h2-17,26,33-34H,1,18H2,(H,32,35). The Hall–Kier alpha value is -3.98. The lowest BCUT2D eigenvalue weighted by Gasteiger charge is -2.19. The predicted molar refractivity (Wildman–Crippen MR) is 148 cm³/mol. The Morgan fingerprint density at radius 3 is 2.29 bits per heavy atom. The third-order valence-electron chi connectivity index (χ3n) is 6.58. The van der Waals surface area contributed by atoms with Crippen molar-refractivity contribution in [3.05, 3.63) is 126 Å². The van der Waals surface area contributed by atoms with Gasteiger partial charge in [-0.25, -0.2) is 8.42 Å². The zero-order chi connectivity index (χ0) is 26.9. The van der Waals surface area contributed by atoms with Gasteiger partial charge in [0.1, 0.15) is 11.5 Å². The van der Waals surface area contributed by atoms with Crippen molar-refractivity contribution >= 4 is 33.2 Å². The molecule has 2 atom stereocenters. The molecular formula is C29H24ClN3O4S. The van der Waals surface area contributed by atoms with E-state index < -0.39 is 15.6 Å². The molecule has 0 bridgehead atoms. The van der Waals surface area contributed by atoms with Gasteiger partial charge >= 0.3 is 0 Å². The highest BCUT2D eigenvalue weighted by atomic mass is 35.5. The van der Waals surface area contributed by atoms with Crippen LogP contribution in [0.5, 0.6) is 0 Å². The van der Waals surface area contributed by atoms with Crippen LogP contribution in [0, 0.1) is 0 Å². The Labute approximate surface area is 225 Å². The zero-order valence-electron chi connectivity index (χ0n) is 20.1. The number of carbonyl (C=O) groups is 1. The van der Waals surface area contributed by atoms with E-state index in [9.17, 15) is 18.3 Å². The van der Waals surface area contributed by atoms with Crippen molar-refractivity contribution in [1.29, 1.82) is 0 Å². The number of amides is 1. The molecular weight excluding hydrogens is 522 g/mol. The highest BCUT2D eigenvalue weighted by Crippen LogP contribution is 2.55. The molecule has 1 aromatic heterocycles. The number of hydrogen-bond acceptors (Lipinski definition) is 5. The van der Waals surface area contributed by atoms with Crippen LogP contribution in [0.3, 0.4) is 0 Å². The van der Waals surface area contributed by atoms with E-state index in [2.05, 4.69) is 21.6 Å². The molecule has 0 aliphatic heterocycles. The Bertz CT molecular complexity index is 1610. The Morgan fingerprint density at radius 2 is 1.66 bits per heavy atom. The molecule has 9 heteroatoms. The Morgan fingerprint density at radius 1 is 0.974 bits per heavy atom. The third kappa shape index (κ3) is 5.19. The lowest BCUT2D eigenvalue weighted by Crippen LogP contribution is -2.39. The number of carbonyl (C=O) groups excluding carboxylic acids is 1. The van der Waals surface area contributed by atoms with Crippen molar-refractivity contribution < 1.29 is 18.3 Å². The van der Waals surface area contributed by atoms with Gasteiger partial charge in [0.05, 0.1) is 10.4 Å². The van der Waals surface area contributed by atoms with Gasteiger partial charge in [-0.05, 0) is 71.6 Å². The molecule has 1 saturated carbocycles.